The van der Waals surface area contributed by atoms with Gasteiger partial charge in [-0.05, 0) is 49.8 Å². The topological polar surface area (TPSA) is 38.3 Å². The highest BCUT2D eigenvalue weighted by Gasteiger charge is 2.51. The van der Waals surface area contributed by atoms with E-state index in [2.05, 4.69) is 4.84 Å². The Morgan fingerprint density at radius 2 is 2.21 bits per heavy atom. The zero-order chi connectivity index (χ0) is 10.1. The standard InChI is InChI=1S/C10H16ClNO2/c1-2-14-10(13)8-6-3-4-7(5-6)9(8)12-11/h6-9,12H,2-5H2,1H3/t6-,7+,8+,9-/m0/s1. The van der Waals surface area contributed by atoms with Gasteiger partial charge in [0.15, 0.2) is 0 Å². The van der Waals surface area contributed by atoms with Crippen molar-refractivity contribution in [2.24, 2.45) is 17.8 Å². The van der Waals surface area contributed by atoms with Gasteiger partial charge in [0, 0.05) is 6.04 Å². The van der Waals surface area contributed by atoms with Crippen LogP contribution in [0.5, 0.6) is 0 Å². The van der Waals surface area contributed by atoms with Gasteiger partial charge < -0.3 is 4.74 Å². The van der Waals surface area contributed by atoms with Gasteiger partial charge in [-0.3, -0.25) is 4.79 Å². The summed E-state index contributed by atoms with van der Waals surface area (Å²) in [6.45, 7) is 2.30. The lowest BCUT2D eigenvalue weighted by Gasteiger charge is -2.27. The summed E-state index contributed by atoms with van der Waals surface area (Å²) in [5, 5.41) is 0. The number of nitrogens with one attached hydrogen (secondary N) is 1. The maximum Gasteiger partial charge on any atom is 0.310 e. The maximum absolute atomic E-state index is 11.7. The van der Waals surface area contributed by atoms with E-state index >= 15 is 0 Å². The molecule has 4 heteroatoms. The molecule has 0 unspecified atom stereocenters. The van der Waals surface area contributed by atoms with E-state index < -0.39 is 0 Å². The Morgan fingerprint density at radius 3 is 2.86 bits per heavy atom. The smallest absolute Gasteiger partial charge is 0.310 e. The van der Waals surface area contributed by atoms with Crippen molar-refractivity contribution in [3.05, 3.63) is 0 Å². The predicted octanol–water partition coefficient (Wildman–Crippen LogP) is 1.71. The van der Waals surface area contributed by atoms with Crippen LogP contribution in [0, 0.1) is 17.8 Å². The molecule has 2 aliphatic rings. The van der Waals surface area contributed by atoms with Crippen molar-refractivity contribution in [1.82, 2.24) is 4.84 Å². The Balaban J connectivity index is 2.06. The quantitative estimate of drug-likeness (QED) is 0.578. The van der Waals surface area contributed by atoms with E-state index in [4.69, 9.17) is 16.5 Å². The van der Waals surface area contributed by atoms with Gasteiger partial charge in [0.25, 0.3) is 0 Å². The van der Waals surface area contributed by atoms with Crippen molar-refractivity contribution in [2.45, 2.75) is 32.2 Å². The van der Waals surface area contributed by atoms with E-state index in [0.29, 0.717) is 18.4 Å². The first kappa shape index (κ1) is 10.2. The highest BCUT2D eigenvalue weighted by atomic mass is 35.5. The van der Waals surface area contributed by atoms with Crippen LogP contribution < -0.4 is 4.84 Å². The van der Waals surface area contributed by atoms with Gasteiger partial charge in [0.2, 0.25) is 0 Å². The monoisotopic (exact) mass is 217 g/mol. The minimum absolute atomic E-state index is 0.00815. The number of carbonyl (C=O) groups is 1. The molecule has 80 valence electrons. The van der Waals surface area contributed by atoms with Crippen LogP contribution in [0.4, 0.5) is 0 Å². The molecule has 2 bridgehead atoms. The van der Waals surface area contributed by atoms with Gasteiger partial charge in [0.1, 0.15) is 0 Å². The first-order valence-corrected chi connectivity index (χ1v) is 5.68. The van der Waals surface area contributed by atoms with Crippen molar-refractivity contribution in [3.63, 3.8) is 0 Å². The largest absolute Gasteiger partial charge is 0.466 e. The third-order valence-corrected chi connectivity index (χ3v) is 3.85. The van der Waals surface area contributed by atoms with Gasteiger partial charge in [-0.25, -0.2) is 4.84 Å². The molecule has 0 radical (unpaired) electrons. The van der Waals surface area contributed by atoms with E-state index in [1.807, 2.05) is 6.92 Å². The van der Waals surface area contributed by atoms with Crippen LogP contribution >= 0.6 is 11.8 Å². The van der Waals surface area contributed by atoms with Gasteiger partial charge in [-0.1, -0.05) is 0 Å². The van der Waals surface area contributed by atoms with E-state index in [0.717, 1.165) is 12.8 Å². The van der Waals surface area contributed by atoms with Crippen LogP contribution in [0.3, 0.4) is 0 Å². The van der Waals surface area contributed by atoms with Crippen LogP contribution in [0.25, 0.3) is 0 Å². The molecule has 4 atom stereocenters. The van der Waals surface area contributed by atoms with Crippen molar-refractivity contribution >= 4 is 17.7 Å². The molecule has 0 saturated heterocycles. The molecule has 14 heavy (non-hydrogen) atoms. The van der Waals surface area contributed by atoms with E-state index in [9.17, 15) is 4.79 Å². The molecule has 2 aliphatic carbocycles. The summed E-state index contributed by atoms with van der Waals surface area (Å²) < 4.78 is 5.07. The molecule has 1 N–H and O–H groups in total. The zero-order valence-electron chi connectivity index (χ0n) is 8.33. The van der Waals surface area contributed by atoms with Crippen LogP contribution in [0.15, 0.2) is 0 Å². The summed E-state index contributed by atoms with van der Waals surface area (Å²) in [5.74, 6) is 0.992. The highest BCUT2D eigenvalue weighted by Crippen LogP contribution is 2.49. The van der Waals surface area contributed by atoms with Crippen LogP contribution in [-0.4, -0.2) is 18.6 Å². The number of fused-ring (bicyclic) bond motifs is 2. The summed E-state index contributed by atoms with van der Waals surface area (Å²) in [5.41, 5.74) is 0. The van der Waals surface area contributed by atoms with Crippen molar-refractivity contribution in [2.75, 3.05) is 6.61 Å². The second-order valence-electron chi connectivity index (χ2n) is 4.25. The molecule has 2 fully saturated rings. The molecule has 0 aliphatic heterocycles. The number of hydrogen-bond donors (Lipinski definition) is 1. The molecular weight excluding hydrogens is 202 g/mol. The molecule has 0 heterocycles. The normalized spacial score (nSPS) is 40.1. The van der Waals surface area contributed by atoms with Crippen molar-refractivity contribution in [1.29, 1.82) is 0 Å². The lowest BCUT2D eigenvalue weighted by Crippen LogP contribution is -2.41. The average molecular weight is 218 g/mol. The number of esters is 1. The average Bonchev–Trinajstić information content (AvgIpc) is 2.76. The van der Waals surface area contributed by atoms with Gasteiger partial charge in [0.05, 0.1) is 12.5 Å². The Hall–Kier alpha value is -0.280. The Bertz CT molecular complexity index is 234. The fourth-order valence-corrected chi connectivity index (χ4v) is 3.34. The van der Waals surface area contributed by atoms with Crippen molar-refractivity contribution in [3.8, 4) is 0 Å². The van der Waals surface area contributed by atoms with E-state index in [-0.39, 0.29) is 17.9 Å². The lowest BCUT2D eigenvalue weighted by atomic mass is 9.85. The number of halogens is 1. The van der Waals surface area contributed by atoms with Gasteiger partial charge >= 0.3 is 5.97 Å². The summed E-state index contributed by atoms with van der Waals surface area (Å²) in [4.78, 5) is 14.4. The predicted molar refractivity (Wildman–Crippen MR) is 53.7 cm³/mol. The molecule has 0 aromatic rings. The SMILES string of the molecule is CCOC(=O)[C@@H]1[C@H]2CC[C@H](C2)[C@@H]1NCl. The first-order valence-electron chi connectivity index (χ1n) is 5.30. The van der Waals surface area contributed by atoms with E-state index in [1.165, 1.54) is 6.42 Å². The summed E-state index contributed by atoms with van der Waals surface area (Å²) in [7, 11) is 0. The summed E-state index contributed by atoms with van der Waals surface area (Å²) >= 11 is 5.68. The van der Waals surface area contributed by atoms with Crippen LogP contribution in [-0.2, 0) is 9.53 Å². The molecular formula is C10H16ClNO2. The molecule has 3 nitrogen and oxygen atoms in total. The minimum atomic E-state index is -0.0714. The molecule has 0 spiro atoms. The van der Waals surface area contributed by atoms with E-state index in [1.54, 1.807) is 0 Å². The molecule has 0 aromatic carbocycles. The number of ether oxygens (including phenoxy) is 1. The Labute approximate surface area is 89.3 Å². The number of rotatable bonds is 3. The van der Waals surface area contributed by atoms with Crippen molar-refractivity contribution < 1.29 is 9.53 Å². The highest BCUT2D eigenvalue weighted by molar-refractivity contribution is 6.13. The fraction of sp³-hybridized carbons (Fsp3) is 0.900. The van der Waals surface area contributed by atoms with Crippen LogP contribution in [0.1, 0.15) is 26.2 Å². The molecule has 0 amide bonds. The number of hydrogen-bond acceptors (Lipinski definition) is 3. The van der Waals surface area contributed by atoms with Gasteiger partial charge in [-0.2, -0.15) is 0 Å². The Morgan fingerprint density at radius 1 is 1.50 bits per heavy atom. The molecule has 2 rings (SSSR count). The number of carbonyl (C=O) groups excluding carboxylic acids is 1. The first-order chi connectivity index (χ1) is 6.77. The fourth-order valence-electron chi connectivity index (χ4n) is 3.03. The molecule has 0 aromatic heterocycles. The third-order valence-electron chi connectivity index (χ3n) is 3.60. The summed E-state index contributed by atoms with van der Waals surface area (Å²) in [6.07, 6.45) is 3.49. The lowest BCUT2D eigenvalue weighted by molar-refractivity contribution is -0.150. The zero-order valence-corrected chi connectivity index (χ0v) is 9.09. The summed E-state index contributed by atoms with van der Waals surface area (Å²) in [6, 6.07) is 0.134. The minimum Gasteiger partial charge on any atom is -0.466 e. The second kappa shape index (κ2) is 4.07. The second-order valence-corrected chi connectivity index (χ2v) is 4.46. The van der Waals surface area contributed by atoms with Crippen LogP contribution in [0.2, 0.25) is 0 Å². The maximum atomic E-state index is 11.7. The Kier molecular flexibility index (Phi) is 2.98. The molecule has 2 saturated carbocycles. The van der Waals surface area contributed by atoms with Gasteiger partial charge in [-0.15, -0.1) is 0 Å². The third kappa shape index (κ3) is 1.52.